The maximum atomic E-state index is 14.7. The summed E-state index contributed by atoms with van der Waals surface area (Å²) in [5.41, 5.74) is 3.72. The van der Waals surface area contributed by atoms with E-state index in [0.717, 1.165) is 28.9 Å². The number of carbonyl (C=O) groups is 3. The predicted molar refractivity (Wildman–Crippen MR) is 167 cm³/mol. The Morgan fingerprint density at radius 1 is 0.857 bits per heavy atom. The molecule has 0 saturated carbocycles. The normalized spacial score (nSPS) is 30.3. The Morgan fingerprint density at radius 2 is 1.60 bits per heavy atom. The molecular formula is C34H39N3O4S. The third-order valence-electron chi connectivity index (χ3n) is 9.34. The molecule has 4 heterocycles. The van der Waals surface area contributed by atoms with Gasteiger partial charge in [0.25, 0.3) is 5.91 Å². The summed E-state index contributed by atoms with van der Waals surface area (Å²) in [7, 11) is 0. The minimum atomic E-state index is -0.878. The zero-order valence-electron chi connectivity index (χ0n) is 24.5. The number of aryl methyl sites for hydroxylation is 2. The van der Waals surface area contributed by atoms with Crippen molar-refractivity contribution in [2.75, 3.05) is 36.0 Å². The molecule has 2 saturated heterocycles. The van der Waals surface area contributed by atoms with Crippen molar-refractivity contribution in [2.45, 2.75) is 55.6 Å². The minimum absolute atomic E-state index is 0.0752. The highest BCUT2D eigenvalue weighted by molar-refractivity contribution is 8.02. The van der Waals surface area contributed by atoms with E-state index in [1.165, 1.54) is 0 Å². The summed E-state index contributed by atoms with van der Waals surface area (Å²) in [6, 6.07) is 15.0. The molecule has 1 unspecified atom stereocenters. The van der Waals surface area contributed by atoms with Gasteiger partial charge in [-0.3, -0.25) is 14.4 Å². The Balaban J connectivity index is 1.45. The van der Waals surface area contributed by atoms with Crippen LogP contribution >= 0.6 is 11.8 Å². The lowest BCUT2D eigenvalue weighted by Gasteiger charge is -2.37. The van der Waals surface area contributed by atoms with Gasteiger partial charge >= 0.3 is 0 Å². The molecule has 0 aromatic heterocycles. The van der Waals surface area contributed by atoms with Gasteiger partial charge in [-0.15, -0.1) is 11.8 Å². The first kappa shape index (κ1) is 28.7. The SMILES string of the molecule is Cc1ccc(C)c(N2CC=C[C@]34S[C@]5(C)C=CCN(c6ccccc6)C(=O)[C@@H]5[C@H]3C(=O)N(CCCCCO)C4C2=O)c1. The molecule has 0 radical (unpaired) electrons. The predicted octanol–water partition coefficient (Wildman–Crippen LogP) is 4.66. The molecule has 2 fully saturated rings. The number of hydrogen-bond acceptors (Lipinski definition) is 5. The molecule has 4 aliphatic heterocycles. The number of aliphatic hydroxyl groups excluding tert-OH is 1. The molecule has 3 amide bonds. The molecule has 1 spiro atoms. The maximum absolute atomic E-state index is 14.7. The van der Waals surface area contributed by atoms with Gasteiger partial charge < -0.3 is 19.8 Å². The Bertz CT molecular complexity index is 1460. The molecular weight excluding hydrogens is 546 g/mol. The fourth-order valence-corrected chi connectivity index (χ4v) is 9.56. The quantitative estimate of drug-likeness (QED) is 0.378. The summed E-state index contributed by atoms with van der Waals surface area (Å²) in [6.07, 6.45) is 10.3. The number of hydrogen-bond donors (Lipinski definition) is 1. The van der Waals surface area contributed by atoms with E-state index in [-0.39, 0.29) is 24.3 Å². The standard InChI is InChI=1S/C34H39N3O4S/c1-23-14-15-24(2)26(22-23)36-20-11-17-34-28(31(40)37(29(34)32(36)41)18-8-5-9-21-38)27-30(39)35(25-12-6-4-7-13-25)19-10-16-33(27,3)42-34/h4,6-7,10-17,22,27-29,38H,5,8-9,18-21H2,1-3H3/t27-,28-,29?,33+,34-/m0/s1. The number of para-hydroxylation sites is 1. The molecule has 5 atom stereocenters. The second kappa shape index (κ2) is 11.0. The average Bonchev–Trinajstić information content (AvgIpc) is 3.24. The van der Waals surface area contributed by atoms with Crippen molar-refractivity contribution < 1.29 is 19.5 Å². The van der Waals surface area contributed by atoms with Gasteiger partial charge in [-0.25, -0.2) is 0 Å². The molecule has 1 N–H and O–H groups in total. The van der Waals surface area contributed by atoms with Crippen molar-refractivity contribution in [3.63, 3.8) is 0 Å². The summed E-state index contributed by atoms with van der Waals surface area (Å²) in [6.45, 7) is 7.43. The van der Waals surface area contributed by atoms with Crippen LogP contribution in [-0.2, 0) is 14.4 Å². The Kier molecular flexibility index (Phi) is 7.56. The molecule has 7 nitrogen and oxygen atoms in total. The molecule has 42 heavy (non-hydrogen) atoms. The Labute approximate surface area is 252 Å². The molecule has 6 rings (SSSR count). The largest absolute Gasteiger partial charge is 0.396 e. The first-order chi connectivity index (χ1) is 20.2. The Hall–Kier alpha value is -3.36. The van der Waals surface area contributed by atoms with Gasteiger partial charge in [-0.1, -0.05) is 54.6 Å². The zero-order chi connectivity index (χ0) is 29.6. The van der Waals surface area contributed by atoms with Crippen LogP contribution in [0.4, 0.5) is 11.4 Å². The highest BCUT2D eigenvalue weighted by Crippen LogP contribution is 2.65. The van der Waals surface area contributed by atoms with Gasteiger partial charge in [-0.05, 0) is 69.4 Å². The molecule has 0 aliphatic carbocycles. The summed E-state index contributed by atoms with van der Waals surface area (Å²) >= 11 is 1.61. The van der Waals surface area contributed by atoms with Crippen LogP contribution in [0, 0.1) is 25.7 Å². The molecule has 220 valence electrons. The summed E-state index contributed by atoms with van der Waals surface area (Å²) in [5, 5.41) is 9.35. The summed E-state index contributed by atoms with van der Waals surface area (Å²) < 4.78 is -1.53. The lowest BCUT2D eigenvalue weighted by atomic mass is 9.74. The fourth-order valence-electron chi connectivity index (χ4n) is 7.40. The monoisotopic (exact) mass is 585 g/mol. The van der Waals surface area contributed by atoms with E-state index in [2.05, 4.69) is 19.1 Å². The van der Waals surface area contributed by atoms with Crippen LogP contribution in [0.15, 0.2) is 72.8 Å². The van der Waals surface area contributed by atoms with E-state index >= 15 is 0 Å². The van der Waals surface area contributed by atoms with Crippen LogP contribution in [0.25, 0.3) is 0 Å². The van der Waals surface area contributed by atoms with Crippen molar-refractivity contribution in [1.29, 1.82) is 0 Å². The summed E-state index contributed by atoms with van der Waals surface area (Å²) in [4.78, 5) is 49.2. The van der Waals surface area contributed by atoms with Gasteiger partial charge in [-0.2, -0.15) is 0 Å². The maximum Gasteiger partial charge on any atom is 0.251 e. The second-order valence-corrected chi connectivity index (χ2v) is 13.9. The lowest BCUT2D eigenvalue weighted by Crippen LogP contribution is -2.53. The van der Waals surface area contributed by atoms with Crippen LogP contribution in [0.5, 0.6) is 0 Å². The first-order valence-corrected chi connectivity index (χ1v) is 15.8. The number of likely N-dealkylation sites (tertiary alicyclic amines) is 1. The third-order valence-corrected chi connectivity index (χ3v) is 11.1. The molecule has 2 aromatic carbocycles. The number of fused-ring (bicyclic) bond motifs is 2. The van der Waals surface area contributed by atoms with Gasteiger partial charge in [0.15, 0.2) is 0 Å². The highest BCUT2D eigenvalue weighted by atomic mass is 32.2. The highest BCUT2D eigenvalue weighted by Gasteiger charge is 2.74. The van der Waals surface area contributed by atoms with Gasteiger partial charge in [0, 0.05) is 42.4 Å². The number of anilines is 2. The lowest BCUT2D eigenvalue weighted by molar-refractivity contribution is -0.139. The number of carbonyl (C=O) groups excluding carboxylic acids is 3. The van der Waals surface area contributed by atoms with Crippen LogP contribution in [-0.4, -0.2) is 69.5 Å². The van der Waals surface area contributed by atoms with Crippen LogP contribution in [0.1, 0.15) is 37.3 Å². The van der Waals surface area contributed by atoms with Crippen molar-refractivity contribution in [3.05, 3.63) is 84.0 Å². The number of benzene rings is 2. The van der Waals surface area contributed by atoms with Crippen LogP contribution in [0.2, 0.25) is 0 Å². The third kappa shape index (κ3) is 4.51. The number of rotatable bonds is 7. The van der Waals surface area contributed by atoms with E-state index in [0.29, 0.717) is 32.5 Å². The summed E-state index contributed by atoms with van der Waals surface area (Å²) in [5.74, 6) is -1.59. The van der Waals surface area contributed by atoms with Gasteiger partial charge in [0.2, 0.25) is 11.8 Å². The number of thioether (sulfide) groups is 1. The number of amides is 3. The zero-order valence-corrected chi connectivity index (χ0v) is 25.3. The van der Waals surface area contributed by atoms with Crippen molar-refractivity contribution in [2.24, 2.45) is 11.8 Å². The molecule has 4 aliphatic rings. The van der Waals surface area contributed by atoms with E-state index in [4.69, 9.17) is 0 Å². The van der Waals surface area contributed by atoms with Crippen LogP contribution < -0.4 is 9.80 Å². The average molecular weight is 586 g/mol. The number of nitrogens with zero attached hydrogens (tertiary/aromatic N) is 3. The molecule has 8 heteroatoms. The number of unbranched alkanes of at least 4 members (excludes halogenated alkanes) is 2. The topological polar surface area (TPSA) is 81.2 Å². The van der Waals surface area contributed by atoms with Gasteiger partial charge in [0.1, 0.15) is 6.04 Å². The first-order valence-electron chi connectivity index (χ1n) is 14.9. The van der Waals surface area contributed by atoms with E-state index < -0.39 is 27.4 Å². The van der Waals surface area contributed by atoms with Crippen LogP contribution in [0.3, 0.4) is 0 Å². The van der Waals surface area contributed by atoms with E-state index in [9.17, 15) is 19.5 Å². The smallest absolute Gasteiger partial charge is 0.251 e. The van der Waals surface area contributed by atoms with E-state index in [1.54, 1.807) is 21.6 Å². The van der Waals surface area contributed by atoms with Crippen molar-refractivity contribution in [3.8, 4) is 0 Å². The number of aliphatic hydroxyl groups is 1. The van der Waals surface area contributed by atoms with Crippen molar-refractivity contribution in [1.82, 2.24) is 4.90 Å². The molecule has 0 bridgehead atoms. The van der Waals surface area contributed by atoms with Crippen molar-refractivity contribution >= 4 is 40.9 Å². The minimum Gasteiger partial charge on any atom is -0.396 e. The Morgan fingerprint density at radius 3 is 2.36 bits per heavy atom. The van der Waals surface area contributed by atoms with Gasteiger partial charge in [0.05, 0.1) is 16.6 Å². The molecule has 2 aromatic rings. The second-order valence-electron chi connectivity index (χ2n) is 12.1. The fraction of sp³-hybridized carbons (Fsp3) is 0.441. The van der Waals surface area contributed by atoms with E-state index in [1.807, 2.05) is 79.4 Å².